The van der Waals surface area contributed by atoms with Gasteiger partial charge in [-0.2, -0.15) is 0 Å². The molecule has 1 aliphatic heterocycles. The van der Waals surface area contributed by atoms with Gasteiger partial charge >= 0.3 is 0 Å². The number of rotatable bonds is 7. The average molecular weight is 278 g/mol. The average Bonchev–Trinajstić information content (AvgIpc) is 2.47. The molecule has 1 aliphatic rings. The Balaban J connectivity index is 1.98. The minimum atomic E-state index is 0.149. The molecule has 1 aromatic carbocycles. The minimum absolute atomic E-state index is 0.149. The normalized spacial score (nSPS) is 21.2. The molecule has 3 N–H and O–H groups in total. The maximum absolute atomic E-state index is 5.95. The predicted molar refractivity (Wildman–Crippen MR) is 80.2 cm³/mol. The zero-order chi connectivity index (χ0) is 14.4. The van der Waals surface area contributed by atoms with Gasteiger partial charge < -0.3 is 9.47 Å². The summed E-state index contributed by atoms with van der Waals surface area (Å²) in [5.74, 6) is 6.19. The fourth-order valence-electron chi connectivity index (χ4n) is 3.00. The first-order valence-corrected chi connectivity index (χ1v) is 7.39. The summed E-state index contributed by atoms with van der Waals surface area (Å²) in [7, 11) is 1.74. The maximum Gasteiger partial charge on any atom is 0.0843 e. The number of methoxy groups -OCH3 is 1. The van der Waals surface area contributed by atoms with E-state index in [1.54, 1.807) is 7.11 Å². The van der Waals surface area contributed by atoms with E-state index < -0.39 is 0 Å². The van der Waals surface area contributed by atoms with E-state index in [0.717, 1.165) is 32.5 Å². The van der Waals surface area contributed by atoms with Crippen molar-refractivity contribution in [2.24, 2.45) is 11.8 Å². The van der Waals surface area contributed by atoms with Crippen molar-refractivity contribution in [1.82, 2.24) is 5.43 Å². The van der Waals surface area contributed by atoms with Gasteiger partial charge in [-0.05, 0) is 36.3 Å². The van der Waals surface area contributed by atoms with Crippen molar-refractivity contribution >= 4 is 0 Å². The van der Waals surface area contributed by atoms with Crippen LogP contribution in [-0.2, 0) is 15.9 Å². The fraction of sp³-hybridized carbons (Fsp3) is 0.625. The molecule has 3 atom stereocenters. The molecule has 0 bridgehead atoms. The summed E-state index contributed by atoms with van der Waals surface area (Å²) >= 11 is 0. The molecule has 112 valence electrons. The Hall–Kier alpha value is -0.940. The van der Waals surface area contributed by atoms with Crippen LogP contribution >= 0.6 is 0 Å². The summed E-state index contributed by atoms with van der Waals surface area (Å²) in [6.07, 6.45) is 3.05. The van der Waals surface area contributed by atoms with Crippen molar-refractivity contribution in [3.63, 3.8) is 0 Å². The molecule has 0 amide bonds. The van der Waals surface area contributed by atoms with E-state index in [4.69, 9.17) is 15.3 Å². The van der Waals surface area contributed by atoms with Gasteiger partial charge in [0.15, 0.2) is 0 Å². The SMILES string of the molecule is COCC(C)CC(CC1OCCc2ccccc21)NN. The zero-order valence-corrected chi connectivity index (χ0v) is 12.5. The van der Waals surface area contributed by atoms with Gasteiger partial charge in [0.25, 0.3) is 0 Å². The van der Waals surface area contributed by atoms with Crippen molar-refractivity contribution < 1.29 is 9.47 Å². The molecule has 0 spiro atoms. The highest BCUT2D eigenvalue weighted by Gasteiger charge is 2.24. The van der Waals surface area contributed by atoms with Crippen molar-refractivity contribution in [3.05, 3.63) is 35.4 Å². The molecular formula is C16H26N2O2. The topological polar surface area (TPSA) is 56.5 Å². The molecule has 4 heteroatoms. The Labute approximate surface area is 121 Å². The molecule has 2 rings (SSSR count). The van der Waals surface area contributed by atoms with Gasteiger partial charge in [-0.25, -0.2) is 0 Å². The second kappa shape index (κ2) is 7.74. The minimum Gasteiger partial charge on any atom is -0.384 e. The molecule has 1 aromatic rings. The predicted octanol–water partition coefficient (Wildman–Crippen LogP) is 2.20. The van der Waals surface area contributed by atoms with Crippen molar-refractivity contribution in [3.8, 4) is 0 Å². The first kappa shape index (κ1) is 15.4. The fourth-order valence-corrected chi connectivity index (χ4v) is 3.00. The van der Waals surface area contributed by atoms with E-state index in [-0.39, 0.29) is 12.1 Å². The van der Waals surface area contributed by atoms with Crippen molar-refractivity contribution in [2.75, 3.05) is 20.3 Å². The lowest BCUT2D eigenvalue weighted by Crippen LogP contribution is -2.39. The highest BCUT2D eigenvalue weighted by atomic mass is 16.5. The van der Waals surface area contributed by atoms with Gasteiger partial charge in [-0.3, -0.25) is 11.3 Å². The first-order valence-electron chi connectivity index (χ1n) is 7.39. The third kappa shape index (κ3) is 4.03. The molecule has 1 heterocycles. The van der Waals surface area contributed by atoms with Crippen LogP contribution in [0.2, 0.25) is 0 Å². The molecule has 0 aliphatic carbocycles. The van der Waals surface area contributed by atoms with E-state index in [1.165, 1.54) is 11.1 Å². The van der Waals surface area contributed by atoms with Crippen molar-refractivity contribution in [1.29, 1.82) is 0 Å². The Morgan fingerprint density at radius 2 is 2.25 bits per heavy atom. The van der Waals surface area contributed by atoms with Crippen LogP contribution in [0.4, 0.5) is 0 Å². The van der Waals surface area contributed by atoms with Gasteiger partial charge in [-0.15, -0.1) is 0 Å². The first-order chi connectivity index (χ1) is 9.74. The van der Waals surface area contributed by atoms with Crippen LogP contribution in [0, 0.1) is 5.92 Å². The van der Waals surface area contributed by atoms with Gasteiger partial charge in [0.1, 0.15) is 0 Å². The lowest BCUT2D eigenvalue weighted by molar-refractivity contribution is 0.0264. The summed E-state index contributed by atoms with van der Waals surface area (Å²) < 4.78 is 11.1. The highest BCUT2D eigenvalue weighted by Crippen LogP contribution is 2.31. The van der Waals surface area contributed by atoms with Gasteiger partial charge in [0.05, 0.1) is 12.7 Å². The Kier molecular flexibility index (Phi) is 5.98. The highest BCUT2D eigenvalue weighted by molar-refractivity contribution is 5.31. The summed E-state index contributed by atoms with van der Waals surface area (Å²) in [5, 5.41) is 0. The van der Waals surface area contributed by atoms with Crippen LogP contribution in [0.3, 0.4) is 0 Å². The second-order valence-corrected chi connectivity index (χ2v) is 5.70. The summed E-state index contributed by atoms with van der Waals surface area (Å²) in [6, 6.07) is 8.80. The standard InChI is InChI=1S/C16H26N2O2/c1-12(11-19-2)9-14(18-17)10-16-15-6-4-3-5-13(15)7-8-20-16/h3-6,12,14,16,18H,7-11,17H2,1-2H3. The number of ether oxygens (including phenoxy) is 2. The largest absolute Gasteiger partial charge is 0.384 e. The number of hydrogen-bond acceptors (Lipinski definition) is 4. The van der Waals surface area contributed by atoms with Crippen LogP contribution in [0.25, 0.3) is 0 Å². The number of benzene rings is 1. The van der Waals surface area contributed by atoms with Gasteiger partial charge in [0, 0.05) is 19.8 Å². The molecular weight excluding hydrogens is 252 g/mol. The lowest BCUT2D eigenvalue weighted by atomic mass is 9.91. The number of nitrogens with two attached hydrogens (primary N) is 1. The molecule has 0 saturated carbocycles. The van der Waals surface area contributed by atoms with E-state index >= 15 is 0 Å². The van der Waals surface area contributed by atoms with Crippen LogP contribution in [0.1, 0.15) is 37.0 Å². The van der Waals surface area contributed by atoms with Gasteiger partial charge in [-0.1, -0.05) is 31.2 Å². The van der Waals surface area contributed by atoms with E-state index in [2.05, 4.69) is 36.6 Å². The molecule has 20 heavy (non-hydrogen) atoms. The van der Waals surface area contributed by atoms with Crippen molar-refractivity contribution in [2.45, 2.75) is 38.3 Å². The van der Waals surface area contributed by atoms with Crippen LogP contribution in [0.5, 0.6) is 0 Å². The van der Waals surface area contributed by atoms with E-state index in [1.807, 2.05) is 0 Å². The van der Waals surface area contributed by atoms with Crippen LogP contribution in [-0.4, -0.2) is 26.4 Å². The zero-order valence-electron chi connectivity index (χ0n) is 12.5. The quantitative estimate of drug-likeness (QED) is 0.593. The third-order valence-corrected chi connectivity index (χ3v) is 3.96. The number of hydrazine groups is 1. The number of hydrogen-bond donors (Lipinski definition) is 2. The van der Waals surface area contributed by atoms with Gasteiger partial charge in [0.2, 0.25) is 0 Å². The monoisotopic (exact) mass is 278 g/mol. The Morgan fingerprint density at radius 3 is 3.00 bits per heavy atom. The summed E-state index contributed by atoms with van der Waals surface area (Å²) in [4.78, 5) is 0. The Morgan fingerprint density at radius 1 is 1.45 bits per heavy atom. The summed E-state index contributed by atoms with van der Waals surface area (Å²) in [6.45, 7) is 3.75. The maximum atomic E-state index is 5.95. The summed E-state index contributed by atoms with van der Waals surface area (Å²) in [5.41, 5.74) is 5.66. The smallest absolute Gasteiger partial charge is 0.0843 e. The van der Waals surface area contributed by atoms with E-state index in [0.29, 0.717) is 5.92 Å². The number of nitrogens with one attached hydrogen (secondary N) is 1. The second-order valence-electron chi connectivity index (χ2n) is 5.70. The molecule has 0 radical (unpaired) electrons. The number of fused-ring (bicyclic) bond motifs is 1. The van der Waals surface area contributed by atoms with Crippen LogP contribution < -0.4 is 11.3 Å². The Bertz CT molecular complexity index is 411. The lowest BCUT2D eigenvalue weighted by Gasteiger charge is -2.30. The third-order valence-electron chi connectivity index (χ3n) is 3.96. The molecule has 0 aromatic heterocycles. The molecule has 0 saturated heterocycles. The molecule has 0 fully saturated rings. The molecule has 3 unspecified atom stereocenters. The van der Waals surface area contributed by atoms with E-state index in [9.17, 15) is 0 Å². The van der Waals surface area contributed by atoms with Crippen LogP contribution in [0.15, 0.2) is 24.3 Å². The molecule has 4 nitrogen and oxygen atoms in total.